The number of hydrogen-bond acceptors (Lipinski definition) is 4. The maximum Gasteiger partial charge on any atom is 0.272 e. The summed E-state index contributed by atoms with van der Waals surface area (Å²) in [6.07, 6.45) is 1.18. The number of nitro groups is 1. The van der Waals surface area contributed by atoms with E-state index in [1.165, 1.54) is 12.3 Å². The molecule has 2 N–H and O–H groups in total. The summed E-state index contributed by atoms with van der Waals surface area (Å²) in [7, 11) is 0. The molecular formula is C12H8FN3O4. The lowest BCUT2D eigenvalue weighted by molar-refractivity contribution is -0.385. The van der Waals surface area contributed by atoms with Gasteiger partial charge in [0.05, 0.1) is 22.2 Å². The second-order valence-corrected chi connectivity index (χ2v) is 3.82. The number of nitro benzene ring substituents is 1. The first-order valence-corrected chi connectivity index (χ1v) is 5.41. The Bertz CT molecular complexity index is 721. The van der Waals surface area contributed by atoms with Crippen LogP contribution in [0.4, 0.5) is 15.8 Å². The molecule has 20 heavy (non-hydrogen) atoms. The van der Waals surface area contributed by atoms with Gasteiger partial charge >= 0.3 is 0 Å². The van der Waals surface area contributed by atoms with Crippen molar-refractivity contribution in [2.45, 2.75) is 0 Å². The molecule has 0 saturated heterocycles. The predicted octanol–water partition coefficient (Wildman–Crippen LogP) is 1.67. The average molecular weight is 277 g/mol. The Balaban J connectivity index is 2.21. The van der Waals surface area contributed by atoms with Crippen molar-refractivity contribution < 1.29 is 14.1 Å². The van der Waals surface area contributed by atoms with Gasteiger partial charge in [-0.2, -0.15) is 0 Å². The summed E-state index contributed by atoms with van der Waals surface area (Å²) >= 11 is 0. The lowest BCUT2D eigenvalue weighted by Crippen LogP contribution is -2.15. The number of halogens is 1. The normalized spacial score (nSPS) is 10.1. The summed E-state index contributed by atoms with van der Waals surface area (Å²) in [6, 6.07) is 5.31. The molecular weight excluding hydrogens is 269 g/mol. The van der Waals surface area contributed by atoms with Gasteiger partial charge in [-0.05, 0) is 12.1 Å². The van der Waals surface area contributed by atoms with Gasteiger partial charge in [-0.1, -0.05) is 0 Å². The van der Waals surface area contributed by atoms with Gasteiger partial charge in [-0.25, -0.2) is 4.39 Å². The topological polar surface area (TPSA) is 105 Å². The summed E-state index contributed by atoms with van der Waals surface area (Å²) < 4.78 is 13.6. The third kappa shape index (κ3) is 2.86. The van der Waals surface area contributed by atoms with E-state index in [2.05, 4.69) is 10.3 Å². The third-order valence-corrected chi connectivity index (χ3v) is 2.46. The monoisotopic (exact) mass is 277 g/mol. The van der Waals surface area contributed by atoms with Crippen molar-refractivity contribution in [1.29, 1.82) is 0 Å². The number of anilines is 1. The summed E-state index contributed by atoms with van der Waals surface area (Å²) in [5.74, 6) is -1.56. The minimum Gasteiger partial charge on any atom is -0.328 e. The Kier molecular flexibility index (Phi) is 3.56. The Morgan fingerprint density at radius 2 is 2.05 bits per heavy atom. The SMILES string of the molecule is O=C(Nc1ccc([N+](=O)[O-])cc1F)c1ccc(=O)[nH]c1. The molecule has 1 amide bonds. The molecule has 1 aromatic heterocycles. The fourth-order valence-electron chi connectivity index (χ4n) is 1.47. The Hall–Kier alpha value is -3.03. The Morgan fingerprint density at radius 1 is 1.30 bits per heavy atom. The lowest BCUT2D eigenvalue weighted by Gasteiger charge is -2.05. The number of H-pyrrole nitrogens is 1. The second kappa shape index (κ2) is 5.31. The van der Waals surface area contributed by atoms with Gasteiger partial charge in [0.1, 0.15) is 0 Å². The van der Waals surface area contributed by atoms with E-state index in [1.54, 1.807) is 0 Å². The molecule has 102 valence electrons. The molecule has 0 bridgehead atoms. The van der Waals surface area contributed by atoms with E-state index in [0.717, 1.165) is 18.2 Å². The molecule has 0 fully saturated rings. The Morgan fingerprint density at radius 3 is 2.60 bits per heavy atom. The summed E-state index contributed by atoms with van der Waals surface area (Å²) in [5, 5.41) is 12.7. The molecule has 0 radical (unpaired) electrons. The quantitative estimate of drug-likeness (QED) is 0.657. The van der Waals surface area contributed by atoms with Crippen LogP contribution in [0.2, 0.25) is 0 Å². The van der Waals surface area contributed by atoms with Crippen molar-refractivity contribution in [3.8, 4) is 0 Å². The highest BCUT2D eigenvalue weighted by atomic mass is 19.1. The smallest absolute Gasteiger partial charge is 0.272 e. The van der Waals surface area contributed by atoms with Crippen molar-refractivity contribution in [3.63, 3.8) is 0 Å². The zero-order chi connectivity index (χ0) is 14.7. The second-order valence-electron chi connectivity index (χ2n) is 3.82. The van der Waals surface area contributed by atoms with E-state index in [1.807, 2.05) is 0 Å². The van der Waals surface area contributed by atoms with Crippen LogP contribution in [0, 0.1) is 15.9 Å². The molecule has 0 saturated carbocycles. The van der Waals surface area contributed by atoms with Gasteiger partial charge in [0.25, 0.3) is 11.6 Å². The average Bonchev–Trinajstić information content (AvgIpc) is 2.41. The predicted molar refractivity (Wildman–Crippen MR) is 68.1 cm³/mol. The number of aromatic amines is 1. The van der Waals surface area contributed by atoms with E-state index in [9.17, 15) is 24.1 Å². The molecule has 8 heteroatoms. The number of pyridine rings is 1. The standard InChI is InChI=1S/C12H8FN3O4/c13-9-5-8(16(19)20)2-3-10(9)15-12(18)7-1-4-11(17)14-6-7/h1-6H,(H,14,17)(H,15,18). The molecule has 0 aliphatic carbocycles. The Labute approximate surface area is 111 Å². The van der Waals surface area contributed by atoms with Crippen LogP contribution in [-0.2, 0) is 0 Å². The summed E-state index contributed by atoms with van der Waals surface area (Å²) in [6.45, 7) is 0. The first-order valence-electron chi connectivity index (χ1n) is 5.41. The van der Waals surface area contributed by atoms with Gasteiger partial charge < -0.3 is 10.3 Å². The van der Waals surface area contributed by atoms with Crippen LogP contribution < -0.4 is 10.9 Å². The van der Waals surface area contributed by atoms with Crippen LogP contribution in [0.3, 0.4) is 0 Å². The first kappa shape index (κ1) is 13.4. The largest absolute Gasteiger partial charge is 0.328 e. The molecule has 1 aromatic carbocycles. The summed E-state index contributed by atoms with van der Waals surface area (Å²) in [4.78, 5) is 34.6. The van der Waals surface area contributed by atoms with Crippen LogP contribution in [0.25, 0.3) is 0 Å². The fourth-order valence-corrected chi connectivity index (χ4v) is 1.47. The van der Waals surface area contributed by atoms with E-state index in [0.29, 0.717) is 6.07 Å². The minimum absolute atomic E-state index is 0.127. The molecule has 0 aliphatic rings. The van der Waals surface area contributed by atoms with Crippen LogP contribution in [0.1, 0.15) is 10.4 Å². The van der Waals surface area contributed by atoms with Crippen molar-refractivity contribution in [1.82, 2.24) is 4.98 Å². The molecule has 7 nitrogen and oxygen atoms in total. The number of carbonyl (C=O) groups excluding carboxylic acids is 1. The highest BCUT2D eigenvalue weighted by molar-refractivity contribution is 6.04. The van der Waals surface area contributed by atoms with Gasteiger partial charge in [0, 0.05) is 18.3 Å². The first-order chi connectivity index (χ1) is 9.47. The number of amides is 1. The number of aromatic nitrogens is 1. The number of nitrogens with one attached hydrogen (secondary N) is 2. The molecule has 0 atom stereocenters. The fraction of sp³-hybridized carbons (Fsp3) is 0. The van der Waals surface area contributed by atoms with Crippen LogP contribution in [0.5, 0.6) is 0 Å². The highest BCUT2D eigenvalue weighted by Crippen LogP contribution is 2.20. The van der Waals surface area contributed by atoms with E-state index >= 15 is 0 Å². The number of benzene rings is 1. The van der Waals surface area contributed by atoms with Crippen molar-refractivity contribution in [2.75, 3.05) is 5.32 Å². The molecule has 2 aromatic rings. The number of rotatable bonds is 3. The van der Waals surface area contributed by atoms with Crippen LogP contribution in [-0.4, -0.2) is 15.8 Å². The van der Waals surface area contributed by atoms with E-state index in [4.69, 9.17) is 0 Å². The number of nitrogens with zero attached hydrogens (tertiary/aromatic N) is 1. The maximum atomic E-state index is 13.6. The molecule has 0 spiro atoms. The van der Waals surface area contributed by atoms with Gasteiger partial charge in [-0.3, -0.25) is 19.7 Å². The van der Waals surface area contributed by atoms with E-state index in [-0.39, 0.29) is 16.8 Å². The lowest BCUT2D eigenvalue weighted by atomic mass is 10.2. The maximum absolute atomic E-state index is 13.6. The zero-order valence-corrected chi connectivity index (χ0v) is 9.92. The van der Waals surface area contributed by atoms with Gasteiger partial charge in [0.2, 0.25) is 5.56 Å². The van der Waals surface area contributed by atoms with Crippen LogP contribution in [0.15, 0.2) is 41.3 Å². The van der Waals surface area contributed by atoms with Crippen LogP contribution >= 0.6 is 0 Å². The highest BCUT2D eigenvalue weighted by Gasteiger charge is 2.13. The van der Waals surface area contributed by atoms with Gasteiger partial charge in [0.15, 0.2) is 5.82 Å². The minimum atomic E-state index is -0.919. The molecule has 0 aliphatic heterocycles. The summed E-state index contributed by atoms with van der Waals surface area (Å²) in [5.41, 5.74) is -0.846. The molecule has 1 heterocycles. The number of carbonyl (C=O) groups is 1. The number of hydrogen-bond donors (Lipinski definition) is 2. The molecule has 2 rings (SSSR count). The van der Waals surface area contributed by atoms with E-state index < -0.39 is 22.3 Å². The van der Waals surface area contributed by atoms with Crippen molar-refractivity contribution in [2.24, 2.45) is 0 Å². The third-order valence-electron chi connectivity index (χ3n) is 2.46. The van der Waals surface area contributed by atoms with Crippen molar-refractivity contribution >= 4 is 17.3 Å². The molecule has 0 unspecified atom stereocenters. The van der Waals surface area contributed by atoms with Crippen molar-refractivity contribution in [3.05, 3.63) is 68.4 Å². The van der Waals surface area contributed by atoms with Gasteiger partial charge in [-0.15, -0.1) is 0 Å². The zero-order valence-electron chi connectivity index (χ0n) is 9.92. The number of non-ortho nitro benzene ring substituents is 1.